The zero-order valence-electron chi connectivity index (χ0n) is 10.3. The third-order valence-electron chi connectivity index (χ3n) is 2.13. The summed E-state index contributed by atoms with van der Waals surface area (Å²) in [6, 6.07) is -0.0461. The van der Waals surface area contributed by atoms with Crippen molar-refractivity contribution in [1.29, 1.82) is 0 Å². The van der Waals surface area contributed by atoms with Crippen LogP contribution in [-0.2, 0) is 9.59 Å². The highest BCUT2D eigenvalue weighted by Gasteiger charge is 2.08. The molecule has 0 aromatic rings. The fourth-order valence-electron chi connectivity index (χ4n) is 1.34. The molecule has 0 aromatic carbocycles. The summed E-state index contributed by atoms with van der Waals surface area (Å²) in [5.74, 6) is -0.227. The van der Waals surface area contributed by atoms with E-state index in [-0.39, 0.29) is 18.4 Å². The highest BCUT2D eigenvalue weighted by Crippen LogP contribution is 2.06. The Morgan fingerprint density at radius 2 is 2.00 bits per heavy atom. The third kappa shape index (κ3) is 6.17. The van der Waals surface area contributed by atoms with Gasteiger partial charge in [-0.15, -0.1) is 0 Å². The molecule has 0 aromatic heterocycles. The van der Waals surface area contributed by atoms with Crippen molar-refractivity contribution in [3.05, 3.63) is 23.8 Å². The molecular formula is C13H21NO2. The average molecular weight is 223 g/mol. The molecule has 0 spiro atoms. The number of allylic oxidation sites excluding steroid dienone is 2. The van der Waals surface area contributed by atoms with Gasteiger partial charge in [0.1, 0.15) is 6.29 Å². The van der Waals surface area contributed by atoms with Crippen molar-refractivity contribution in [2.75, 3.05) is 0 Å². The van der Waals surface area contributed by atoms with E-state index in [2.05, 4.69) is 31.3 Å². The summed E-state index contributed by atoms with van der Waals surface area (Å²) in [6.07, 6.45) is 8.61. The summed E-state index contributed by atoms with van der Waals surface area (Å²) in [6.45, 7) is 6.04. The van der Waals surface area contributed by atoms with Gasteiger partial charge in [-0.3, -0.25) is 4.79 Å². The van der Waals surface area contributed by atoms with E-state index in [9.17, 15) is 9.59 Å². The van der Waals surface area contributed by atoms with Crippen LogP contribution in [-0.4, -0.2) is 18.2 Å². The number of hydrogen-bond acceptors (Lipinski definition) is 2. The van der Waals surface area contributed by atoms with E-state index in [4.69, 9.17) is 0 Å². The minimum atomic E-state index is -0.227. The van der Waals surface area contributed by atoms with E-state index in [1.807, 2.05) is 13.0 Å². The predicted octanol–water partition coefficient (Wildman–Crippen LogP) is 2.38. The summed E-state index contributed by atoms with van der Waals surface area (Å²) >= 11 is 0. The molecule has 3 heteroatoms. The van der Waals surface area contributed by atoms with Crippen LogP contribution in [0.15, 0.2) is 23.8 Å². The maximum atomic E-state index is 11.2. The molecule has 0 saturated heterocycles. The van der Waals surface area contributed by atoms with E-state index < -0.39 is 0 Å². The molecule has 1 atom stereocenters. The van der Waals surface area contributed by atoms with E-state index in [1.165, 1.54) is 0 Å². The maximum absolute atomic E-state index is 11.2. The van der Waals surface area contributed by atoms with E-state index in [0.29, 0.717) is 6.29 Å². The number of rotatable bonds is 7. The van der Waals surface area contributed by atoms with Crippen molar-refractivity contribution in [1.82, 2.24) is 5.32 Å². The van der Waals surface area contributed by atoms with Crippen molar-refractivity contribution in [2.24, 2.45) is 0 Å². The maximum Gasteiger partial charge on any atom is 0.227 e. The normalized spacial score (nSPS) is 13.8. The van der Waals surface area contributed by atoms with Gasteiger partial charge in [0.15, 0.2) is 0 Å². The smallest absolute Gasteiger partial charge is 0.227 e. The number of nitrogens with one attached hydrogen (secondary N) is 1. The first-order valence-electron chi connectivity index (χ1n) is 5.75. The first kappa shape index (κ1) is 14.6. The molecule has 90 valence electrons. The Morgan fingerprint density at radius 3 is 2.50 bits per heavy atom. The molecule has 3 nitrogen and oxygen atoms in total. The summed E-state index contributed by atoms with van der Waals surface area (Å²) in [5, 5.41) is 2.78. The van der Waals surface area contributed by atoms with Crippen molar-refractivity contribution >= 4 is 12.2 Å². The molecule has 0 rings (SSSR count). The summed E-state index contributed by atoms with van der Waals surface area (Å²) in [5.41, 5.74) is 1.09. The molecule has 0 aliphatic heterocycles. The topological polar surface area (TPSA) is 46.2 Å². The zero-order chi connectivity index (χ0) is 12.4. The standard InChI is InChI=1S/C13H21NO2/c1-4-6-8-12(7-5-2)11(3)14-13(16)9-10-15/h6-8,10-11H,4-5,9H2,1-3H3,(H,14,16)/b8-6-,12-7+. The molecule has 1 unspecified atom stereocenters. The van der Waals surface area contributed by atoms with Crippen LogP contribution in [0.2, 0.25) is 0 Å². The molecule has 0 saturated carbocycles. The number of aldehydes is 1. The monoisotopic (exact) mass is 223 g/mol. The van der Waals surface area contributed by atoms with Crippen molar-refractivity contribution in [2.45, 2.75) is 46.1 Å². The lowest BCUT2D eigenvalue weighted by Gasteiger charge is -2.14. The van der Waals surface area contributed by atoms with Crippen LogP contribution < -0.4 is 5.32 Å². The van der Waals surface area contributed by atoms with Gasteiger partial charge in [-0.05, 0) is 25.3 Å². The van der Waals surface area contributed by atoms with Crippen LogP contribution in [0.1, 0.15) is 40.0 Å². The highest BCUT2D eigenvalue weighted by molar-refractivity contribution is 5.88. The Labute approximate surface area is 97.6 Å². The quantitative estimate of drug-likeness (QED) is 0.409. The minimum Gasteiger partial charge on any atom is -0.349 e. The van der Waals surface area contributed by atoms with Gasteiger partial charge in [-0.1, -0.05) is 32.1 Å². The Kier molecular flexibility index (Phi) is 8.12. The first-order valence-corrected chi connectivity index (χ1v) is 5.75. The van der Waals surface area contributed by atoms with Crippen molar-refractivity contribution < 1.29 is 9.59 Å². The molecular weight excluding hydrogens is 202 g/mol. The van der Waals surface area contributed by atoms with E-state index in [0.717, 1.165) is 18.4 Å². The largest absolute Gasteiger partial charge is 0.349 e. The van der Waals surface area contributed by atoms with Gasteiger partial charge >= 0.3 is 0 Å². The molecule has 0 radical (unpaired) electrons. The van der Waals surface area contributed by atoms with Crippen LogP contribution in [0.3, 0.4) is 0 Å². The van der Waals surface area contributed by atoms with Gasteiger partial charge in [0.05, 0.1) is 12.5 Å². The summed E-state index contributed by atoms with van der Waals surface area (Å²) < 4.78 is 0. The Morgan fingerprint density at radius 1 is 1.31 bits per heavy atom. The van der Waals surface area contributed by atoms with Crippen LogP contribution in [0.4, 0.5) is 0 Å². The Balaban J connectivity index is 4.44. The predicted molar refractivity (Wildman–Crippen MR) is 66.1 cm³/mol. The minimum absolute atomic E-state index is 0.0461. The van der Waals surface area contributed by atoms with E-state index >= 15 is 0 Å². The fourth-order valence-corrected chi connectivity index (χ4v) is 1.34. The fraction of sp³-hybridized carbons (Fsp3) is 0.538. The molecule has 0 bridgehead atoms. The third-order valence-corrected chi connectivity index (χ3v) is 2.13. The van der Waals surface area contributed by atoms with Gasteiger partial charge in [0.2, 0.25) is 5.91 Å². The van der Waals surface area contributed by atoms with Gasteiger partial charge in [-0.2, -0.15) is 0 Å². The second-order valence-corrected chi connectivity index (χ2v) is 3.58. The van der Waals surface area contributed by atoms with Crippen LogP contribution in [0.25, 0.3) is 0 Å². The van der Waals surface area contributed by atoms with Gasteiger partial charge < -0.3 is 10.1 Å². The second-order valence-electron chi connectivity index (χ2n) is 3.58. The molecule has 16 heavy (non-hydrogen) atoms. The van der Waals surface area contributed by atoms with Crippen LogP contribution in [0, 0.1) is 0 Å². The van der Waals surface area contributed by atoms with Crippen molar-refractivity contribution in [3.8, 4) is 0 Å². The Hall–Kier alpha value is -1.38. The van der Waals surface area contributed by atoms with Gasteiger partial charge in [0, 0.05) is 0 Å². The lowest BCUT2D eigenvalue weighted by molar-refractivity contribution is -0.124. The van der Waals surface area contributed by atoms with Crippen LogP contribution in [0.5, 0.6) is 0 Å². The second kappa shape index (κ2) is 8.89. The Bertz CT molecular complexity index is 280. The molecule has 1 N–H and O–H groups in total. The zero-order valence-corrected chi connectivity index (χ0v) is 10.3. The van der Waals surface area contributed by atoms with Gasteiger partial charge in [0.25, 0.3) is 0 Å². The SMILES string of the molecule is CC/C=C\C(=C/CC)C(C)NC(=O)CC=O. The summed E-state index contributed by atoms with van der Waals surface area (Å²) in [7, 11) is 0. The number of amides is 1. The first-order chi connectivity index (χ1) is 7.65. The molecule has 1 amide bonds. The molecule has 0 aliphatic carbocycles. The number of carbonyl (C=O) groups excluding carboxylic acids is 2. The lowest BCUT2D eigenvalue weighted by atomic mass is 10.1. The van der Waals surface area contributed by atoms with E-state index in [1.54, 1.807) is 0 Å². The number of carbonyl (C=O) groups is 2. The lowest BCUT2D eigenvalue weighted by Crippen LogP contribution is -2.33. The van der Waals surface area contributed by atoms with Crippen molar-refractivity contribution in [3.63, 3.8) is 0 Å². The summed E-state index contributed by atoms with van der Waals surface area (Å²) in [4.78, 5) is 21.4. The van der Waals surface area contributed by atoms with Crippen LogP contribution >= 0.6 is 0 Å². The molecule has 0 fully saturated rings. The molecule has 0 aliphatic rings. The number of hydrogen-bond donors (Lipinski definition) is 1. The molecule has 0 heterocycles. The highest BCUT2D eigenvalue weighted by atomic mass is 16.2. The average Bonchev–Trinajstić information content (AvgIpc) is 2.24. The van der Waals surface area contributed by atoms with Gasteiger partial charge in [-0.25, -0.2) is 0 Å².